The molecule has 0 aliphatic carbocycles. The molecule has 0 saturated carbocycles. The first kappa shape index (κ1) is 18.2. The Hall–Kier alpha value is -2.58. The lowest BCUT2D eigenvalue weighted by Crippen LogP contribution is -2.59. The summed E-state index contributed by atoms with van der Waals surface area (Å²) < 4.78 is 5.19. The van der Waals surface area contributed by atoms with Crippen LogP contribution in [0.25, 0.3) is 0 Å². The molecule has 0 bridgehead atoms. The summed E-state index contributed by atoms with van der Waals surface area (Å²) in [6.07, 6.45) is 4.70. The maximum Gasteiger partial charge on any atom is 0.307 e. The molecule has 1 fully saturated rings. The standard InChI is InChI=1S/C18H25N5O3/c1-26-15-4-2-13(3-5-15)12-22-8-6-14(7-9-22)18(20)10-16(19)17(11-21-18)23(24)25/h2-5,10-11,14,21H,6-9,12,19-20H2,1H3. The van der Waals surface area contributed by atoms with Gasteiger partial charge in [-0.15, -0.1) is 0 Å². The average molecular weight is 359 g/mol. The van der Waals surface area contributed by atoms with Crippen molar-refractivity contribution in [2.45, 2.75) is 25.0 Å². The molecule has 1 aromatic rings. The number of likely N-dealkylation sites (tertiary alicyclic amines) is 1. The zero-order valence-electron chi connectivity index (χ0n) is 14.9. The van der Waals surface area contributed by atoms with Crippen LogP contribution in [0.4, 0.5) is 0 Å². The van der Waals surface area contributed by atoms with Crippen molar-refractivity contribution in [1.29, 1.82) is 0 Å². The predicted octanol–water partition coefficient (Wildman–Crippen LogP) is 1.13. The van der Waals surface area contributed by atoms with Crippen LogP contribution in [0.5, 0.6) is 5.75 Å². The second-order valence-electron chi connectivity index (χ2n) is 6.86. The van der Waals surface area contributed by atoms with E-state index >= 15 is 0 Å². The molecular weight excluding hydrogens is 334 g/mol. The van der Waals surface area contributed by atoms with E-state index in [2.05, 4.69) is 22.3 Å². The molecule has 0 amide bonds. The van der Waals surface area contributed by atoms with E-state index in [4.69, 9.17) is 16.2 Å². The van der Waals surface area contributed by atoms with Gasteiger partial charge in [0, 0.05) is 12.5 Å². The van der Waals surface area contributed by atoms with Crippen molar-refractivity contribution in [1.82, 2.24) is 10.2 Å². The summed E-state index contributed by atoms with van der Waals surface area (Å²) in [5.74, 6) is 1.02. The molecule has 8 heteroatoms. The van der Waals surface area contributed by atoms with E-state index in [1.54, 1.807) is 13.2 Å². The van der Waals surface area contributed by atoms with Crippen molar-refractivity contribution in [3.8, 4) is 5.75 Å². The first-order chi connectivity index (χ1) is 12.4. The molecule has 1 unspecified atom stereocenters. The van der Waals surface area contributed by atoms with Gasteiger partial charge >= 0.3 is 5.70 Å². The molecule has 1 saturated heterocycles. The van der Waals surface area contributed by atoms with Crippen LogP contribution in [0.3, 0.4) is 0 Å². The highest BCUT2D eigenvalue weighted by Gasteiger charge is 2.38. The van der Waals surface area contributed by atoms with E-state index in [1.165, 1.54) is 11.8 Å². The van der Waals surface area contributed by atoms with Gasteiger partial charge in [-0.1, -0.05) is 12.1 Å². The quantitative estimate of drug-likeness (QED) is 0.532. The van der Waals surface area contributed by atoms with Gasteiger partial charge in [-0.3, -0.25) is 15.0 Å². The monoisotopic (exact) mass is 359 g/mol. The Morgan fingerprint density at radius 2 is 2.00 bits per heavy atom. The largest absolute Gasteiger partial charge is 0.497 e. The summed E-state index contributed by atoms with van der Waals surface area (Å²) in [6.45, 7) is 2.71. The molecule has 0 radical (unpaired) electrons. The van der Waals surface area contributed by atoms with Crippen molar-refractivity contribution < 1.29 is 9.66 Å². The van der Waals surface area contributed by atoms with Crippen LogP contribution < -0.4 is 21.5 Å². The van der Waals surface area contributed by atoms with Crippen molar-refractivity contribution >= 4 is 0 Å². The minimum atomic E-state index is -0.838. The van der Waals surface area contributed by atoms with Gasteiger partial charge in [-0.25, -0.2) is 0 Å². The number of rotatable bonds is 5. The Kier molecular flexibility index (Phi) is 5.15. The fourth-order valence-corrected chi connectivity index (χ4v) is 3.60. The van der Waals surface area contributed by atoms with Crippen LogP contribution in [0, 0.1) is 16.0 Å². The summed E-state index contributed by atoms with van der Waals surface area (Å²) >= 11 is 0. The van der Waals surface area contributed by atoms with Gasteiger partial charge in [-0.2, -0.15) is 0 Å². The number of piperidine rings is 1. The fourth-order valence-electron chi connectivity index (χ4n) is 3.60. The molecule has 0 spiro atoms. The molecule has 2 aliphatic heterocycles. The average Bonchev–Trinajstić information content (AvgIpc) is 2.62. The Morgan fingerprint density at radius 3 is 2.54 bits per heavy atom. The first-order valence-corrected chi connectivity index (χ1v) is 8.66. The van der Waals surface area contributed by atoms with Crippen LogP contribution >= 0.6 is 0 Å². The summed E-state index contributed by atoms with van der Waals surface area (Å²) in [5.41, 5.74) is 12.7. The van der Waals surface area contributed by atoms with Crippen molar-refractivity contribution in [3.63, 3.8) is 0 Å². The summed E-state index contributed by atoms with van der Waals surface area (Å²) in [6, 6.07) is 8.09. The van der Waals surface area contributed by atoms with Crippen LogP contribution in [0.2, 0.25) is 0 Å². The number of hydrogen-bond donors (Lipinski definition) is 3. The zero-order valence-corrected chi connectivity index (χ0v) is 14.9. The molecule has 26 heavy (non-hydrogen) atoms. The lowest BCUT2D eigenvalue weighted by molar-refractivity contribution is -0.421. The topological polar surface area (TPSA) is 120 Å². The molecule has 2 aliphatic rings. The van der Waals surface area contributed by atoms with Gasteiger partial charge in [0.1, 0.15) is 17.1 Å². The van der Waals surface area contributed by atoms with E-state index in [1.807, 2.05) is 12.1 Å². The second kappa shape index (κ2) is 7.35. The van der Waals surface area contributed by atoms with Gasteiger partial charge in [-0.05, 0) is 49.7 Å². The molecule has 2 heterocycles. The highest BCUT2D eigenvalue weighted by molar-refractivity contribution is 5.31. The Bertz CT molecular complexity index is 723. The van der Waals surface area contributed by atoms with Crippen LogP contribution in [-0.4, -0.2) is 35.7 Å². The number of nitrogens with one attached hydrogen (secondary N) is 1. The third-order valence-electron chi connectivity index (χ3n) is 5.17. The molecule has 0 aromatic heterocycles. The lowest BCUT2D eigenvalue weighted by atomic mass is 9.82. The van der Waals surface area contributed by atoms with Gasteiger partial charge in [0.2, 0.25) is 0 Å². The third kappa shape index (κ3) is 3.81. The smallest absolute Gasteiger partial charge is 0.307 e. The van der Waals surface area contributed by atoms with Crippen LogP contribution in [0.1, 0.15) is 18.4 Å². The van der Waals surface area contributed by atoms with Gasteiger partial charge < -0.3 is 21.5 Å². The molecule has 5 N–H and O–H groups in total. The molecule has 1 aromatic carbocycles. The summed E-state index contributed by atoms with van der Waals surface area (Å²) in [7, 11) is 1.66. The van der Waals surface area contributed by atoms with Crippen molar-refractivity contribution in [2.24, 2.45) is 17.4 Å². The SMILES string of the molecule is COc1ccc(CN2CCC(C3(N)C=C(N)C([N+](=O)[O-])=CN3)CC2)cc1. The van der Waals surface area contributed by atoms with Gasteiger partial charge in [0.25, 0.3) is 0 Å². The number of ether oxygens (including phenoxy) is 1. The maximum absolute atomic E-state index is 10.9. The molecule has 1 atom stereocenters. The first-order valence-electron chi connectivity index (χ1n) is 8.66. The highest BCUT2D eigenvalue weighted by Crippen LogP contribution is 2.30. The van der Waals surface area contributed by atoms with E-state index in [0.29, 0.717) is 0 Å². The number of nitrogens with zero attached hydrogens (tertiary/aromatic N) is 2. The number of nitro groups is 1. The Labute approximate surface area is 152 Å². The number of nitrogens with two attached hydrogens (primary N) is 2. The van der Waals surface area contributed by atoms with E-state index in [9.17, 15) is 10.1 Å². The number of benzene rings is 1. The zero-order chi connectivity index (χ0) is 18.7. The Balaban J connectivity index is 1.57. The normalized spacial score (nSPS) is 24.4. The molecule has 3 rings (SSSR count). The lowest BCUT2D eigenvalue weighted by Gasteiger charge is -2.42. The summed E-state index contributed by atoms with van der Waals surface area (Å²) in [5, 5.41) is 13.9. The van der Waals surface area contributed by atoms with Gasteiger partial charge in [0.05, 0.1) is 18.2 Å². The minimum absolute atomic E-state index is 0.122. The minimum Gasteiger partial charge on any atom is -0.497 e. The fraction of sp³-hybridized carbons (Fsp3) is 0.444. The second-order valence-corrected chi connectivity index (χ2v) is 6.86. The highest BCUT2D eigenvalue weighted by atomic mass is 16.6. The maximum atomic E-state index is 10.9. The molecule has 140 valence electrons. The third-order valence-corrected chi connectivity index (χ3v) is 5.17. The van der Waals surface area contributed by atoms with Crippen molar-refractivity contribution in [3.05, 3.63) is 63.6 Å². The predicted molar refractivity (Wildman–Crippen MR) is 98.4 cm³/mol. The number of dihydropyridines is 1. The number of methoxy groups -OCH3 is 1. The molecular formula is C18H25N5O3. The van der Waals surface area contributed by atoms with E-state index in [-0.39, 0.29) is 17.3 Å². The Morgan fingerprint density at radius 1 is 1.35 bits per heavy atom. The van der Waals surface area contributed by atoms with Crippen LogP contribution in [0.15, 0.2) is 47.9 Å². The van der Waals surface area contributed by atoms with Crippen LogP contribution in [-0.2, 0) is 6.54 Å². The van der Waals surface area contributed by atoms with Gasteiger partial charge in [0.15, 0.2) is 0 Å². The van der Waals surface area contributed by atoms with Crippen molar-refractivity contribution in [2.75, 3.05) is 20.2 Å². The van der Waals surface area contributed by atoms with E-state index in [0.717, 1.165) is 38.2 Å². The van der Waals surface area contributed by atoms with E-state index < -0.39 is 10.6 Å². The number of hydrogen-bond acceptors (Lipinski definition) is 7. The molecule has 8 nitrogen and oxygen atoms in total. The summed E-state index contributed by atoms with van der Waals surface area (Å²) in [4.78, 5) is 12.8.